The largest absolute Gasteiger partial charge is 0.299 e. The summed E-state index contributed by atoms with van der Waals surface area (Å²) in [4.78, 5) is 29.3. The minimum atomic E-state index is -0.220. The lowest BCUT2D eigenvalue weighted by molar-refractivity contribution is -0.117. The highest BCUT2D eigenvalue weighted by molar-refractivity contribution is 6.08. The first-order valence-corrected chi connectivity index (χ1v) is 6.26. The molecule has 2 rings (SSSR count). The van der Waals surface area contributed by atoms with Gasteiger partial charge in [-0.2, -0.15) is 0 Å². The summed E-state index contributed by atoms with van der Waals surface area (Å²) < 4.78 is 0. The van der Waals surface area contributed by atoms with Crippen molar-refractivity contribution in [3.8, 4) is 12.3 Å². The first-order valence-electron chi connectivity index (χ1n) is 6.26. The smallest absolute Gasteiger partial charge is 0.258 e. The van der Waals surface area contributed by atoms with Crippen LogP contribution in [-0.2, 0) is 9.59 Å². The molecule has 1 heterocycles. The van der Waals surface area contributed by atoms with Crippen LogP contribution in [0.1, 0.15) is 12.8 Å². The third-order valence-corrected chi connectivity index (χ3v) is 2.89. The molecular formula is C16H14N2O2. The van der Waals surface area contributed by atoms with E-state index in [1.807, 2.05) is 0 Å². The summed E-state index contributed by atoms with van der Waals surface area (Å²) in [6, 6.07) is 3.52. The lowest BCUT2D eigenvalue weighted by atomic mass is 10.1. The average Bonchev–Trinajstić information content (AvgIpc) is 2.70. The summed E-state index contributed by atoms with van der Waals surface area (Å²) >= 11 is 0. The number of hydrogen-bond donors (Lipinski definition) is 0. The van der Waals surface area contributed by atoms with Crippen LogP contribution in [0.25, 0.3) is 0 Å². The third kappa shape index (κ3) is 3.21. The van der Waals surface area contributed by atoms with Gasteiger partial charge in [0.15, 0.2) is 0 Å². The molecule has 1 amide bonds. The Morgan fingerprint density at radius 1 is 1.45 bits per heavy atom. The summed E-state index contributed by atoms with van der Waals surface area (Å²) in [5.74, 6) is 2.34. The quantitative estimate of drug-likeness (QED) is 0.785. The van der Waals surface area contributed by atoms with Crippen LogP contribution in [0.4, 0.5) is 5.69 Å². The van der Waals surface area contributed by atoms with Crippen molar-refractivity contribution in [3.05, 3.63) is 48.3 Å². The van der Waals surface area contributed by atoms with Gasteiger partial charge in [-0.1, -0.05) is 24.1 Å². The van der Waals surface area contributed by atoms with E-state index in [-0.39, 0.29) is 24.7 Å². The number of ketones is 1. The Bertz CT molecular complexity index is 609. The molecule has 0 aromatic carbocycles. The van der Waals surface area contributed by atoms with Crippen LogP contribution in [-0.4, -0.2) is 23.2 Å². The second-order valence-corrected chi connectivity index (χ2v) is 4.32. The van der Waals surface area contributed by atoms with Crippen LogP contribution in [0.15, 0.2) is 48.3 Å². The van der Waals surface area contributed by atoms with E-state index in [1.165, 1.54) is 4.90 Å². The number of rotatable bonds is 3. The summed E-state index contributed by atoms with van der Waals surface area (Å²) in [6.07, 6.45) is 14.2. The molecule has 100 valence electrons. The summed E-state index contributed by atoms with van der Waals surface area (Å²) in [5, 5.41) is 0. The van der Waals surface area contributed by atoms with Crippen molar-refractivity contribution in [3.63, 3.8) is 0 Å². The number of Topliss-reactive ketones (excluding diaryl/α,β-unsaturated/α-hetero) is 1. The predicted molar refractivity (Wildman–Crippen MR) is 76.9 cm³/mol. The molecule has 1 aliphatic carbocycles. The lowest BCUT2D eigenvalue weighted by Gasteiger charge is -2.20. The summed E-state index contributed by atoms with van der Waals surface area (Å²) in [7, 11) is 0. The minimum Gasteiger partial charge on any atom is -0.299 e. The first kappa shape index (κ1) is 13.8. The van der Waals surface area contributed by atoms with Crippen molar-refractivity contribution in [2.24, 2.45) is 0 Å². The van der Waals surface area contributed by atoms with Crippen LogP contribution in [0.5, 0.6) is 0 Å². The van der Waals surface area contributed by atoms with Gasteiger partial charge in [-0.3, -0.25) is 19.5 Å². The van der Waals surface area contributed by atoms with Crippen LogP contribution < -0.4 is 4.90 Å². The molecule has 0 saturated carbocycles. The van der Waals surface area contributed by atoms with E-state index in [0.717, 1.165) is 0 Å². The zero-order valence-corrected chi connectivity index (χ0v) is 11.0. The maximum atomic E-state index is 12.5. The maximum Gasteiger partial charge on any atom is 0.258 e. The van der Waals surface area contributed by atoms with Gasteiger partial charge >= 0.3 is 0 Å². The minimum absolute atomic E-state index is 0.0916. The van der Waals surface area contributed by atoms with Crippen molar-refractivity contribution in [2.45, 2.75) is 12.8 Å². The van der Waals surface area contributed by atoms with Gasteiger partial charge in [-0.25, -0.2) is 0 Å². The van der Waals surface area contributed by atoms with Gasteiger partial charge in [0.05, 0.1) is 18.4 Å². The fourth-order valence-corrected chi connectivity index (χ4v) is 1.89. The highest BCUT2D eigenvalue weighted by Gasteiger charge is 2.19. The van der Waals surface area contributed by atoms with E-state index in [1.54, 1.807) is 42.8 Å². The van der Waals surface area contributed by atoms with E-state index in [0.29, 0.717) is 17.7 Å². The molecule has 0 N–H and O–H groups in total. The Hall–Kier alpha value is -2.67. The van der Waals surface area contributed by atoms with Gasteiger partial charge < -0.3 is 0 Å². The van der Waals surface area contributed by atoms with E-state index in [4.69, 9.17) is 6.42 Å². The van der Waals surface area contributed by atoms with Crippen molar-refractivity contribution in [1.82, 2.24) is 4.98 Å². The fraction of sp³-hybridized carbons (Fsp3) is 0.188. The standard InChI is InChI=1S/C16H14N2O2/c1-2-11-18(14-6-4-10-17-12-14)16(20)13-5-3-7-15(19)9-8-13/h1,3-6,8,10,12H,7,9,11H2. The molecule has 0 bridgehead atoms. The van der Waals surface area contributed by atoms with Crippen molar-refractivity contribution in [1.29, 1.82) is 0 Å². The van der Waals surface area contributed by atoms with Gasteiger partial charge in [0, 0.05) is 24.6 Å². The van der Waals surface area contributed by atoms with Gasteiger partial charge in [-0.15, -0.1) is 6.42 Å². The Morgan fingerprint density at radius 3 is 3.00 bits per heavy atom. The summed E-state index contributed by atoms with van der Waals surface area (Å²) in [6.45, 7) is 0.156. The number of carbonyl (C=O) groups is 2. The van der Waals surface area contributed by atoms with E-state index >= 15 is 0 Å². The Labute approximate surface area is 117 Å². The van der Waals surface area contributed by atoms with E-state index < -0.39 is 0 Å². The van der Waals surface area contributed by atoms with Crippen molar-refractivity contribution < 1.29 is 9.59 Å². The number of nitrogens with zero attached hydrogens (tertiary/aromatic N) is 2. The Morgan fingerprint density at radius 2 is 2.30 bits per heavy atom. The van der Waals surface area contributed by atoms with Gasteiger partial charge in [0.25, 0.3) is 5.91 Å². The normalized spacial score (nSPS) is 14.2. The molecule has 20 heavy (non-hydrogen) atoms. The molecule has 0 unspecified atom stereocenters. The van der Waals surface area contributed by atoms with Crippen LogP contribution in [0, 0.1) is 12.3 Å². The molecular weight excluding hydrogens is 252 g/mol. The van der Waals surface area contributed by atoms with Gasteiger partial charge in [0.1, 0.15) is 5.78 Å². The van der Waals surface area contributed by atoms with E-state index in [2.05, 4.69) is 10.9 Å². The first-order chi connectivity index (χ1) is 9.72. The molecule has 0 saturated heterocycles. The number of carbonyl (C=O) groups excluding carboxylic acids is 2. The molecule has 0 radical (unpaired) electrons. The molecule has 0 aliphatic heterocycles. The number of amides is 1. The SMILES string of the molecule is C#CCN(C(=O)C1=CCC(=O)CC=C1)c1cccnc1. The zero-order valence-electron chi connectivity index (χ0n) is 11.0. The van der Waals surface area contributed by atoms with Crippen LogP contribution in [0.2, 0.25) is 0 Å². The Kier molecular flexibility index (Phi) is 4.46. The van der Waals surface area contributed by atoms with Crippen molar-refractivity contribution >= 4 is 17.4 Å². The number of allylic oxidation sites excluding steroid dienone is 2. The van der Waals surface area contributed by atoms with Crippen molar-refractivity contribution in [2.75, 3.05) is 11.4 Å². The summed E-state index contributed by atoms with van der Waals surface area (Å²) in [5.41, 5.74) is 1.12. The Balaban J connectivity index is 2.28. The number of hydrogen-bond acceptors (Lipinski definition) is 3. The van der Waals surface area contributed by atoms with E-state index in [9.17, 15) is 9.59 Å². The topological polar surface area (TPSA) is 50.3 Å². The lowest BCUT2D eigenvalue weighted by Crippen LogP contribution is -2.32. The second-order valence-electron chi connectivity index (χ2n) is 4.32. The highest BCUT2D eigenvalue weighted by Crippen LogP contribution is 2.17. The highest BCUT2D eigenvalue weighted by atomic mass is 16.2. The molecule has 4 nitrogen and oxygen atoms in total. The third-order valence-electron chi connectivity index (χ3n) is 2.89. The number of terminal acetylenes is 1. The fourth-order valence-electron chi connectivity index (χ4n) is 1.89. The number of aromatic nitrogens is 1. The van der Waals surface area contributed by atoms with Gasteiger partial charge in [0.2, 0.25) is 0 Å². The molecule has 1 aromatic heterocycles. The molecule has 4 heteroatoms. The average molecular weight is 266 g/mol. The maximum absolute atomic E-state index is 12.5. The van der Waals surface area contributed by atoms with Gasteiger partial charge in [-0.05, 0) is 12.1 Å². The molecule has 1 aliphatic rings. The molecule has 1 aromatic rings. The van der Waals surface area contributed by atoms with Crippen LogP contribution >= 0.6 is 0 Å². The molecule has 0 spiro atoms. The molecule has 0 fully saturated rings. The number of anilines is 1. The predicted octanol–water partition coefficient (Wildman–Crippen LogP) is 1.89. The second kappa shape index (κ2) is 6.48. The molecule has 0 atom stereocenters. The number of pyridine rings is 1. The monoisotopic (exact) mass is 266 g/mol. The zero-order chi connectivity index (χ0) is 14.4. The van der Waals surface area contributed by atoms with Crippen LogP contribution in [0.3, 0.4) is 0 Å².